The second kappa shape index (κ2) is 7.42. The maximum atomic E-state index is 12.4. The number of ether oxygens (including phenoxy) is 2. The topological polar surface area (TPSA) is 84.9 Å². The van der Waals surface area contributed by atoms with Gasteiger partial charge in [-0.25, -0.2) is 0 Å². The van der Waals surface area contributed by atoms with E-state index in [0.717, 1.165) is 0 Å². The fourth-order valence-electron chi connectivity index (χ4n) is 3.78. The molecule has 1 aromatic carbocycles. The molecule has 1 aromatic rings. The number of hydrogen-bond donors (Lipinski definition) is 1. The van der Waals surface area contributed by atoms with Gasteiger partial charge in [0.1, 0.15) is 12.7 Å². The minimum Gasteiger partial charge on any atom is -0.486 e. The molecule has 3 atom stereocenters. The highest BCUT2D eigenvalue weighted by Gasteiger charge is 2.46. The molecule has 27 heavy (non-hydrogen) atoms. The van der Waals surface area contributed by atoms with Crippen LogP contribution in [0.3, 0.4) is 0 Å². The summed E-state index contributed by atoms with van der Waals surface area (Å²) < 4.78 is 11.4. The molecule has 0 spiro atoms. The summed E-state index contributed by atoms with van der Waals surface area (Å²) in [5, 5.41) is 2.79. The predicted octanol–water partition coefficient (Wildman–Crippen LogP) is 1.28. The highest BCUT2D eigenvalue weighted by atomic mass is 16.6. The van der Waals surface area contributed by atoms with Crippen LogP contribution in [0.25, 0.3) is 0 Å². The summed E-state index contributed by atoms with van der Waals surface area (Å²) in [6, 6.07) is 7.39. The molecule has 2 aliphatic heterocycles. The van der Waals surface area contributed by atoms with Gasteiger partial charge in [-0.1, -0.05) is 24.3 Å². The lowest BCUT2D eigenvalue weighted by atomic mass is 9.85. The van der Waals surface area contributed by atoms with Gasteiger partial charge >= 0.3 is 0 Å². The van der Waals surface area contributed by atoms with E-state index >= 15 is 0 Å². The van der Waals surface area contributed by atoms with Crippen LogP contribution in [-0.2, 0) is 14.4 Å². The zero-order valence-corrected chi connectivity index (χ0v) is 14.9. The zero-order chi connectivity index (χ0) is 18.8. The van der Waals surface area contributed by atoms with Crippen LogP contribution in [0.2, 0.25) is 0 Å². The van der Waals surface area contributed by atoms with Gasteiger partial charge in [0.25, 0.3) is 0 Å². The Morgan fingerprint density at radius 1 is 1.07 bits per heavy atom. The number of rotatable bonds is 5. The maximum absolute atomic E-state index is 12.4. The van der Waals surface area contributed by atoms with Crippen molar-refractivity contribution in [2.24, 2.45) is 11.8 Å². The maximum Gasteiger partial charge on any atom is 0.233 e. The summed E-state index contributed by atoms with van der Waals surface area (Å²) in [5.74, 6) is 0.336. The molecular weight excluding hydrogens is 348 g/mol. The van der Waals surface area contributed by atoms with E-state index in [1.807, 2.05) is 36.4 Å². The standard InChI is InChI=1S/C20H22N2O5/c23-18(21-11-13-12-26-16-7-3-4-8-17(16)27-13)9-10-22-19(24)14-5-1-2-6-15(14)20(22)25/h1-4,7-8,13-15H,5-6,9-12H2,(H,21,23)/t13-,14-,15+/m0/s1. The normalized spacial score (nSPS) is 26.1. The molecule has 3 amide bonds. The smallest absolute Gasteiger partial charge is 0.233 e. The third kappa shape index (κ3) is 3.54. The summed E-state index contributed by atoms with van der Waals surface area (Å²) >= 11 is 0. The molecule has 0 bridgehead atoms. The monoisotopic (exact) mass is 370 g/mol. The van der Waals surface area contributed by atoms with Crippen molar-refractivity contribution >= 4 is 17.7 Å². The molecule has 1 N–H and O–H groups in total. The average molecular weight is 370 g/mol. The number of fused-ring (bicyclic) bond motifs is 2. The van der Waals surface area contributed by atoms with E-state index in [1.165, 1.54) is 4.90 Å². The van der Waals surface area contributed by atoms with Crippen LogP contribution in [0.1, 0.15) is 19.3 Å². The number of carbonyl (C=O) groups excluding carboxylic acids is 3. The molecule has 1 saturated heterocycles. The van der Waals surface area contributed by atoms with Gasteiger partial charge in [0.2, 0.25) is 17.7 Å². The predicted molar refractivity (Wildman–Crippen MR) is 96.1 cm³/mol. The lowest BCUT2D eigenvalue weighted by Gasteiger charge is -2.26. The number of imide groups is 1. The second-order valence-corrected chi connectivity index (χ2v) is 7.04. The van der Waals surface area contributed by atoms with Gasteiger partial charge in [-0.3, -0.25) is 19.3 Å². The summed E-state index contributed by atoms with van der Waals surface area (Å²) in [5.41, 5.74) is 0. The van der Waals surface area contributed by atoms with Gasteiger partial charge in [0.15, 0.2) is 11.5 Å². The van der Waals surface area contributed by atoms with E-state index in [9.17, 15) is 14.4 Å². The molecule has 2 heterocycles. The number of carbonyl (C=O) groups is 3. The molecular formula is C20H22N2O5. The first-order valence-corrected chi connectivity index (χ1v) is 9.29. The van der Waals surface area contributed by atoms with Gasteiger partial charge < -0.3 is 14.8 Å². The highest BCUT2D eigenvalue weighted by Crippen LogP contribution is 2.35. The van der Waals surface area contributed by atoms with Crippen LogP contribution < -0.4 is 14.8 Å². The van der Waals surface area contributed by atoms with Crippen molar-refractivity contribution < 1.29 is 23.9 Å². The fourth-order valence-corrected chi connectivity index (χ4v) is 3.78. The molecule has 0 radical (unpaired) electrons. The molecule has 7 nitrogen and oxygen atoms in total. The van der Waals surface area contributed by atoms with Gasteiger partial charge in [0, 0.05) is 13.0 Å². The Kier molecular flexibility index (Phi) is 4.83. The highest BCUT2D eigenvalue weighted by molar-refractivity contribution is 6.05. The summed E-state index contributed by atoms with van der Waals surface area (Å²) in [6.07, 6.45) is 4.94. The molecule has 0 aromatic heterocycles. The van der Waals surface area contributed by atoms with Gasteiger partial charge in [0.05, 0.1) is 18.4 Å². The molecule has 0 saturated carbocycles. The van der Waals surface area contributed by atoms with Gasteiger partial charge in [-0.15, -0.1) is 0 Å². The van der Waals surface area contributed by atoms with Crippen molar-refractivity contribution in [1.82, 2.24) is 10.2 Å². The van der Waals surface area contributed by atoms with Crippen LogP contribution in [-0.4, -0.2) is 48.4 Å². The minimum atomic E-state index is -0.271. The molecule has 1 fully saturated rings. The summed E-state index contributed by atoms with van der Waals surface area (Å²) in [7, 11) is 0. The van der Waals surface area contributed by atoms with Crippen LogP contribution >= 0.6 is 0 Å². The molecule has 3 aliphatic rings. The van der Waals surface area contributed by atoms with Crippen LogP contribution in [0.4, 0.5) is 0 Å². The van der Waals surface area contributed by atoms with Crippen molar-refractivity contribution in [2.45, 2.75) is 25.4 Å². The lowest BCUT2D eigenvalue weighted by Crippen LogP contribution is -2.42. The Morgan fingerprint density at radius 2 is 1.74 bits per heavy atom. The van der Waals surface area contributed by atoms with E-state index in [4.69, 9.17) is 9.47 Å². The number of allylic oxidation sites excluding steroid dienone is 2. The number of amides is 3. The minimum absolute atomic E-state index is 0.0918. The number of benzene rings is 1. The van der Waals surface area contributed by atoms with E-state index < -0.39 is 0 Å². The van der Waals surface area contributed by atoms with Crippen molar-refractivity contribution in [2.75, 3.05) is 19.7 Å². The Labute approximate surface area is 157 Å². The first kappa shape index (κ1) is 17.6. The Bertz CT molecular complexity index is 764. The average Bonchev–Trinajstić information content (AvgIpc) is 2.95. The Morgan fingerprint density at radius 3 is 2.44 bits per heavy atom. The van der Waals surface area contributed by atoms with Crippen LogP contribution in [0.15, 0.2) is 36.4 Å². The third-order valence-electron chi connectivity index (χ3n) is 5.26. The van der Waals surface area contributed by atoms with Crippen molar-refractivity contribution in [3.05, 3.63) is 36.4 Å². The van der Waals surface area contributed by atoms with E-state index in [1.54, 1.807) is 0 Å². The Hall–Kier alpha value is -2.83. The molecule has 7 heteroatoms. The largest absolute Gasteiger partial charge is 0.486 e. The lowest BCUT2D eigenvalue weighted by molar-refractivity contribution is -0.140. The number of nitrogens with zero attached hydrogens (tertiary/aromatic N) is 1. The Balaban J connectivity index is 1.24. The number of para-hydroxylation sites is 2. The fraction of sp³-hybridized carbons (Fsp3) is 0.450. The van der Waals surface area contributed by atoms with Crippen LogP contribution in [0.5, 0.6) is 11.5 Å². The quantitative estimate of drug-likeness (QED) is 0.624. The van der Waals surface area contributed by atoms with Crippen molar-refractivity contribution in [3.8, 4) is 11.5 Å². The van der Waals surface area contributed by atoms with Crippen LogP contribution in [0, 0.1) is 11.8 Å². The summed E-state index contributed by atoms with van der Waals surface area (Å²) in [6.45, 7) is 0.794. The summed E-state index contributed by atoms with van der Waals surface area (Å²) in [4.78, 5) is 38.2. The van der Waals surface area contributed by atoms with Gasteiger partial charge in [-0.2, -0.15) is 0 Å². The van der Waals surface area contributed by atoms with Crippen molar-refractivity contribution in [1.29, 1.82) is 0 Å². The zero-order valence-electron chi connectivity index (χ0n) is 14.9. The van der Waals surface area contributed by atoms with Crippen molar-refractivity contribution in [3.63, 3.8) is 0 Å². The molecule has 1 aliphatic carbocycles. The number of likely N-dealkylation sites (tertiary alicyclic amines) is 1. The molecule has 0 unspecified atom stereocenters. The van der Waals surface area contributed by atoms with E-state index in [0.29, 0.717) is 37.5 Å². The molecule has 4 rings (SSSR count). The number of nitrogens with one attached hydrogen (secondary N) is 1. The van der Waals surface area contributed by atoms with Gasteiger partial charge in [-0.05, 0) is 25.0 Å². The van der Waals surface area contributed by atoms with E-state index in [2.05, 4.69) is 5.32 Å². The van der Waals surface area contributed by atoms with E-state index in [-0.39, 0.29) is 48.6 Å². The first-order valence-electron chi connectivity index (χ1n) is 9.29. The third-order valence-corrected chi connectivity index (χ3v) is 5.26. The second-order valence-electron chi connectivity index (χ2n) is 7.04. The SMILES string of the molecule is O=C(CCN1C(=O)[C@H]2CC=CC[C@H]2C1=O)NC[C@H]1COc2ccccc2O1. The first-order chi connectivity index (χ1) is 13.1. The number of hydrogen-bond acceptors (Lipinski definition) is 5. The molecule has 142 valence electrons.